The molecule has 6 aliphatic rings. The van der Waals surface area contributed by atoms with E-state index >= 15 is 0 Å². The summed E-state index contributed by atoms with van der Waals surface area (Å²) in [6.07, 6.45) is 2.10. The van der Waals surface area contributed by atoms with Crippen molar-refractivity contribution in [3.05, 3.63) is 0 Å². The Hall–Kier alpha value is -1.14. The van der Waals surface area contributed by atoms with Crippen molar-refractivity contribution < 1.29 is 19.1 Å². The Bertz CT molecular complexity index is 470. The van der Waals surface area contributed by atoms with Gasteiger partial charge in [-0.1, -0.05) is 13.8 Å². The molecule has 6 fully saturated rings. The number of esters is 2. The first-order valence-electron chi connectivity index (χ1n) is 8.23. The molecule has 0 radical (unpaired) electrons. The summed E-state index contributed by atoms with van der Waals surface area (Å²) < 4.78 is 10.6. The molecule has 6 atom stereocenters. The van der Waals surface area contributed by atoms with E-state index in [0.717, 1.165) is 25.9 Å². The lowest BCUT2D eigenvalue weighted by Crippen LogP contribution is -2.50. The van der Waals surface area contributed by atoms with Crippen molar-refractivity contribution in [2.75, 3.05) is 26.3 Å². The highest BCUT2D eigenvalue weighted by Crippen LogP contribution is 2.52. The fourth-order valence-electron chi connectivity index (χ4n) is 4.98. The van der Waals surface area contributed by atoms with E-state index in [-0.39, 0.29) is 59.9 Å². The van der Waals surface area contributed by atoms with Gasteiger partial charge in [0.1, 0.15) is 13.2 Å². The quantitative estimate of drug-likeness (QED) is 0.553. The summed E-state index contributed by atoms with van der Waals surface area (Å²) in [4.78, 5) is 24.2. The van der Waals surface area contributed by atoms with Gasteiger partial charge in [-0.2, -0.15) is 0 Å². The van der Waals surface area contributed by atoms with Crippen LogP contribution >= 0.6 is 0 Å². The van der Waals surface area contributed by atoms with Gasteiger partial charge in [-0.05, 0) is 23.7 Å². The molecule has 0 aromatic carbocycles. The number of nitrogens with one attached hydrogen (secondary N) is 2. The number of rotatable bonds is 5. The number of fused-ring (bicyclic) bond motifs is 2. The first kappa shape index (κ1) is 14.5. The molecule has 122 valence electrons. The van der Waals surface area contributed by atoms with E-state index < -0.39 is 0 Å². The van der Waals surface area contributed by atoms with E-state index in [1.165, 1.54) is 0 Å². The Balaban J connectivity index is 1.19. The van der Waals surface area contributed by atoms with Crippen molar-refractivity contribution in [1.82, 2.24) is 10.6 Å². The molecule has 2 aliphatic carbocycles. The van der Waals surface area contributed by atoms with Gasteiger partial charge in [0.25, 0.3) is 0 Å². The maximum Gasteiger partial charge on any atom is 0.311 e. The van der Waals surface area contributed by atoms with Gasteiger partial charge in [0.15, 0.2) is 0 Å². The smallest absolute Gasteiger partial charge is 0.311 e. The molecule has 6 rings (SSSR count). The molecule has 2 N–H and O–H groups in total. The maximum absolute atomic E-state index is 12.1. The van der Waals surface area contributed by atoms with Crippen molar-refractivity contribution >= 4 is 11.9 Å². The number of ether oxygens (including phenoxy) is 2. The minimum atomic E-state index is -0.155. The average Bonchev–Trinajstić information content (AvgIpc) is 3.13. The van der Waals surface area contributed by atoms with E-state index in [9.17, 15) is 9.59 Å². The lowest BCUT2D eigenvalue weighted by atomic mass is 9.62. The third-order valence-corrected chi connectivity index (χ3v) is 6.29. The Morgan fingerprint density at radius 2 is 1.32 bits per heavy atom. The van der Waals surface area contributed by atoms with Gasteiger partial charge in [-0.25, -0.2) is 0 Å². The van der Waals surface area contributed by atoms with Crippen LogP contribution in [0.25, 0.3) is 0 Å². The predicted octanol–water partition coefficient (Wildman–Crippen LogP) is 0.0688. The standard InChI is InChI=1S/C16H24N2O4/c1-15-5-9(17-7-15)11(15)13(19)21-3-4-22-14(20)12-10-6-16(12,2)8-18-10/h9-12,17-18H,3-8H2,1-2H3. The minimum absolute atomic E-state index is 0.0335. The third kappa shape index (κ3) is 1.93. The third-order valence-electron chi connectivity index (χ3n) is 6.29. The number of carbonyl (C=O) groups excluding carboxylic acids is 2. The summed E-state index contributed by atoms with van der Waals surface area (Å²) in [5.74, 6) is -0.378. The van der Waals surface area contributed by atoms with Crippen LogP contribution in [0.2, 0.25) is 0 Å². The second kappa shape index (κ2) is 4.68. The molecule has 4 heterocycles. The molecular weight excluding hydrogens is 284 g/mol. The second-order valence-electron chi connectivity index (χ2n) is 7.98. The van der Waals surface area contributed by atoms with E-state index in [0.29, 0.717) is 0 Å². The van der Waals surface area contributed by atoms with Crippen molar-refractivity contribution in [3.8, 4) is 0 Å². The topological polar surface area (TPSA) is 76.7 Å². The Labute approximate surface area is 130 Å². The van der Waals surface area contributed by atoms with Crippen LogP contribution in [0.3, 0.4) is 0 Å². The van der Waals surface area contributed by atoms with Crippen molar-refractivity contribution in [2.45, 2.75) is 38.8 Å². The van der Waals surface area contributed by atoms with Gasteiger partial charge in [0, 0.05) is 25.2 Å². The molecule has 4 aliphatic heterocycles. The zero-order valence-electron chi connectivity index (χ0n) is 13.2. The summed E-state index contributed by atoms with van der Waals surface area (Å²) in [7, 11) is 0. The van der Waals surface area contributed by atoms with Crippen LogP contribution in [-0.4, -0.2) is 50.3 Å². The number of carbonyl (C=O) groups is 2. The van der Waals surface area contributed by atoms with Gasteiger partial charge < -0.3 is 20.1 Å². The van der Waals surface area contributed by atoms with E-state index in [2.05, 4.69) is 24.5 Å². The molecule has 4 saturated heterocycles. The van der Waals surface area contributed by atoms with Crippen molar-refractivity contribution in [2.24, 2.45) is 22.7 Å². The monoisotopic (exact) mass is 308 g/mol. The van der Waals surface area contributed by atoms with E-state index in [4.69, 9.17) is 9.47 Å². The molecule has 22 heavy (non-hydrogen) atoms. The summed E-state index contributed by atoms with van der Waals surface area (Å²) in [6, 6.07) is 0.549. The predicted molar refractivity (Wildman–Crippen MR) is 77.9 cm³/mol. The Kier molecular flexibility index (Phi) is 3.07. The SMILES string of the molecule is CC12CNC(C1)C2C(=O)OCCOC(=O)C1C2CC1(C)CN2. The Morgan fingerprint density at radius 1 is 0.909 bits per heavy atom. The van der Waals surface area contributed by atoms with Crippen LogP contribution < -0.4 is 10.6 Å². The average molecular weight is 308 g/mol. The van der Waals surface area contributed by atoms with Crippen LogP contribution in [0.5, 0.6) is 0 Å². The highest BCUT2D eigenvalue weighted by Gasteiger charge is 2.61. The summed E-state index contributed by atoms with van der Waals surface area (Å²) in [5, 5.41) is 6.66. The molecule has 6 heteroatoms. The lowest BCUT2D eigenvalue weighted by molar-refractivity contribution is -0.166. The van der Waals surface area contributed by atoms with Gasteiger partial charge in [-0.3, -0.25) is 9.59 Å². The molecule has 6 nitrogen and oxygen atoms in total. The molecule has 2 saturated carbocycles. The molecule has 0 amide bonds. The van der Waals surface area contributed by atoms with E-state index in [1.54, 1.807) is 0 Å². The molecule has 6 unspecified atom stereocenters. The van der Waals surface area contributed by atoms with Gasteiger partial charge in [0.05, 0.1) is 11.8 Å². The van der Waals surface area contributed by atoms with Crippen molar-refractivity contribution in [1.29, 1.82) is 0 Å². The van der Waals surface area contributed by atoms with Crippen molar-refractivity contribution in [3.63, 3.8) is 0 Å². The first-order valence-corrected chi connectivity index (χ1v) is 8.23. The van der Waals surface area contributed by atoms with Crippen LogP contribution in [0, 0.1) is 22.7 Å². The van der Waals surface area contributed by atoms with Gasteiger partial charge >= 0.3 is 11.9 Å². The molecule has 4 bridgehead atoms. The van der Waals surface area contributed by atoms with E-state index in [1.807, 2.05) is 0 Å². The largest absolute Gasteiger partial charge is 0.462 e. The fourth-order valence-corrected chi connectivity index (χ4v) is 4.98. The number of hydrogen-bond acceptors (Lipinski definition) is 6. The zero-order valence-corrected chi connectivity index (χ0v) is 13.2. The summed E-state index contributed by atoms with van der Waals surface area (Å²) in [5.41, 5.74) is 0.119. The molecular formula is C16H24N2O4. The van der Waals surface area contributed by atoms with Crippen LogP contribution in [0.4, 0.5) is 0 Å². The van der Waals surface area contributed by atoms with Crippen LogP contribution in [-0.2, 0) is 19.1 Å². The minimum Gasteiger partial charge on any atom is -0.462 e. The van der Waals surface area contributed by atoms with Crippen LogP contribution in [0.15, 0.2) is 0 Å². The molecule has 0 spiro atoms. The van der Waals surface area contributed by atoms with Gasteiger partial charge in [0.2, 0.25) is 0 Å². The molecule has 0 aromatic heterocycles. The molecule has 0 aromatic rings. The first-order chi connectivity index (χ1) is 10.4. The lowest BCUT2D eigenvalue weighted by Gasteiger charge is -2.42. The highest BCUT2D eigenvalue weighted by molar-refractivity contribution is 5.77. The van der Waals surface area contributed by atoms with Gasteiger partial charge in [-0.15, -0.1) is 0 Å². The highest BCUT2D eigenvalue weighted by atomic mass is 16.6. The fraction of sp³-hybridized carbons (Fsp3) is 0.875. The maximum atomic E-state index is 12.1. The second-order valence-corrected chi connectivity index (χ2v) is 7.98. The number of hydrogen-bond donors (Lipinski definition) is 2. The summed E-state index contributed by atoms with van der Waals surface area (Å²) >= 11 is 0. The van der Waals surface area contributed by atoms with Crippen LogP contribution in [0.1, 0.15) is 26.7 Å². The normalized spacial score (nSPS) is 47.5. The summed E-state index contributed by atoms with van der Waals surface area (Å²) in [6.45, 7) is 6.34. The zero-order chi connectivity index (χ0) is 15.5. The Morgan fingerprint density at radius 3 is 1.59 bits per heavy atom.